The van der Waals surface area contributed by atoms with E-state index >= 15 is 0 Å². The molecule has 0 unspecified atom stereocenters. The van der Waals surface area contributed by atoms with E-state index in [1.807, 2.05) is 7.11 Å². The van der Waals surface area contributed by atoms with E-state index in [9.17, 15) is 0 Å². The molecule has 0 saturated carbocycles. The van der Waals surface area contributed by atoms with Gasteiger partial charge in [0, 0.05) is 5.41 Å². The van der Waals surface area contributed by atoms with Crippen LogP contribution in [0.5, 0.6) is 11.5 Å². The lowest BCUT2D eigenvalue weighted by molar-refractivity contribution is 0.401. The second-order valence-corrected chi connectivity index (χ2v) is 19.8. The van der Waals surface area contributed by atoms with Crippen LogP contribution >= 0.6 is 0 Å². The van der Waals surface area contributed by atoms with Crippen molar-refractivity contribution in [2.45, 2.75) is 97.3 Å². The number of hydrogen-bond donors (Lipinski definition) is 0. The van der Waals surface area contributed by atoms with Crippen molar-refractivity contribution >= 4 is 28.8 Å². The third-order valence-electron chi connectivity index (χ3n) is 12.5. The molecule has 0 radical (unpaired) electrons. The topological polar surface area (TPSA) is 18.5 Å². The van der Waals surface area contributed by atoms with Crippen molar-refractivity contribution in [2.75, 3.05) is 14.2 Å². The fraction of sp³-hybridized carbons (Fsp3) is 0.321. The number of ether oxygens (including phenoxy) is 2. The predicted molar refractivity (Wildman–Crippen MR) is 242 cm³/mol. The number of methoxy groups -OCH3 is 2. The molecule has 56 heavy (non-hydrogen) atoms. The van der Waals surface area contributed by atoms with Gasteiger partial charge in [0.05, 0.1) is 14.2 Å². The molecule has 0 atom stereocenters. The highest BCUT2D eigenvalue weighted by Gasteiger charge is 2.46. The molecule has 0 aliphatic heterocycles. The molecule has 1 aliphatic carbocycles. The third-order valence-corrected chi connectivity index (χ3v) is 17.3. The average molecular weight is 757 g/mol. The lowest BCUT2D eigenvalue weighted by atomic mass is 9.70. The molecule has 6 aromatic carbocycles. The van der Waals surface area contributed by atoms with E-state index in [4.69, 9.17) is 9.47 Å². The molecule has 0 saturated heterocycles. The van der Waals surface area contributed by atoms with Gasteiger partial charge >= 0.3 is 0 Å². The monoisotopic (exact) mass is 756 g/mol. The molecule has 3 heteroatoms. The molecule has 0 aromatic heterocycles. The standard InChI is InChI=1S/C53H60O2Si/c1-7-9-11-19-33-53(34-20-12-10-8-2)47-35-39(3)25-29-45(47)46-30-27-41(37-48(46)53)42-28-32-50(55-6)52(38-42)56(43-21-15-13-16-22-43,44-23-17-14-18-24-44)51-36-40(4)26-31-49(51)54-5/h13-18,21-32,35-38H,7-12,19-20,33-34H2,1-6H3. The van der Waals surface area contributed by atoms with E-state index in [0.29, 0.717) is 0 Å². The smallest absolute Gasteiger partial charge is 0.188 e. The molecule has 0 heterocycles. The first-order valence-corrected chi connectivity index (χ1v) is 23.1. The van der Waals surface area contributed by atoms with Gasteiger partial charge in [0.15, 0.2) is 8.07 Å². The molecule has 0 bridgehead atoms. The Bertz CT molecular complexity index is 2190. The van der Waals surface area contributed by atoms with Crippen LogP contribution < -0.4 is 30.2 Å². The zero-order valence-corrected chi connectivity index (χ0v) is 35.6. The molecule has 0 N–H and O–H groups in total. The van der Waals surface area contributed by atoms with E-state index in [1.165, 1.54) is 124 Å². The van der Waals surface area contributed by atoms with Crippen molar-refractivity contribution in [1.29, 1.82) is 0 Å². The zero-order valence-electron chi connectivity index (χ0n) is 34.6. The van der Waals surface area contributed by atoms with Crippen LogP contribution in [0.15, 0.2) is 133 Å². The van der Waals surface area contributed by atoms with Crippen molar-refractivity contribution in [3.63, 3.8) is 0 Å². The second kappa shape index (κ2) is 17.5. The summed E-state index contributed by atoms with van der Waals surface area (Å²) in [4.78, 5) is 0. The molecule has 7 rings (SSSR count). The van der Waals surface area contributed by atoms with E-state index in [2.05, 4.69) is 161 Å². The summed E-state index contributed by atoms with van der Waals surface area (Å²) in [5.74, 6) is 1.81. The van der Waals surface area contributed by atoms with Crippen molar-refractivity contribution in [3.05, 3.63) is 156 Å². The van der Waals surface area contributed by atoms with Crippen LogP contribution in [0, 0.1) is 13.8 Å². The summed E-state index contributed by atoms with van der Waals surface area (Å²) in [7, 11) is 0.589. The summed E-state index contributed by atoms with van der Waals surface area (Å²) in [6.45, 7) is 9.10. The largest absolute Gasteiger partial charge is 0.497 e. The van der Waals surface area contributed by atoms with Crippen LogP contribution in [-0.4, -0.2) is 22.3 Å². The minimum atomic E-state index is -3.03. The number of aryl methyl sites for hydroxylation is 2. The molecule has 6 aromatic rings. The Hall–Kier alpha value is -4.86. The van der Waals surface area contributed by atoms with Crippen molar-refractivity contribution in [1.82, 2.24) is 0 Å². The SMILES string of the molecule is CCCCCCC1(CCCCCC)c2cc(C)ccc2-c2ccc(-c3ccc(OC)c([Si](c4ccccc4)(c4ccccc4)c4cc(C)ccc4OC)c3)cc21. The first-order chi connectivity index (χ1) is 27.4. The van der Waals surface area contributed by atoms with Gasteiger partial charge in [-0.1, -0.05) is 192 Å². The average Bonchev–Trinajstić information content (AvgIpc) is 3.50. The minimum Gasteiger partial charge on any atom is -0.497 e. The Morgan fingerprint density at radius 2 is 0.929 bits per heavy atom. The number of hydrogen-bond acceptors (Lipinski definition) is 2. The summed E-state index contributed by atoms with van der Waals surface area (Å²) in [6.07, 6.45) is 12.6. The number of benzene rings is 6. The molecule has 2 nitrogen and oxygen atoms in total. The molecular formula is C53H60O2Si. The zero-order chi connectivity index (χ0) is 39.1. The van der Waals surface area contributed by atoms with Crippen LogP contribution in [-0.2, 0) is 5.41 Å². The number of unbranched alkanes of at least 4 members (excludes halogenated alkanes) is 6. The normalized spacial score (nSPS) is 13.0. The highest BCUT2D eigenvalue weighted by molar-refractivity contribution is 7.20. The Kier molecular flexibility index (Phi) is 12.3. The van der Waals surface area contributed by atoms with Gasteiger partial charge in [0.1, 0.15) is 11.5 Å². The van der Waals surface area contributed by atoms with Crippen LogP contribution in [0.1, 0.15) is 100 Å². The predicted octanol–water partition coefficient (Wildman–Crippen LogP) is 11.6. The maximum Gasteiger partial charge on any atom is 0.188 e. The molecule has 288 valence electrons. The number of fused-ring (bicyclic) bond motifs is 3. The van der Waals surface area contributed by atoms with Gasteiger partial charge in [-0.3, -0.25) is 0 Å². The fourth-order valence-corrected chi connectivity index (χ4v) is 14.9. The Balaban J connectivity index is 1.48. The van der Waals surface area contributed by atoms with Gasteiger partial charge in [0.25, 0.3) is 0 Å². The molecule has 1 aliphatic rings. The lowest BCUT2D eigenvalue weighted by Gasteiger charge is -2.36. The Labute approximate surface area is 338 Å². The van der Waals surface area contributed by atoms with E-state index in [-0.39, 0.29) is 5.41 Å². The maximum atomic E-state index is 6.39. The Morgan fingerprint density at radius 1 is 0.464 bits per heavy atom. The van der Waals surface area contributed by atoms with Gasteiger partial charge in [0.2, 0.25) is 0 Å². The third kappa shape index (κ3) is 7.27. The van der Waals surface area contributed by atoms with Gasteiger partial charge in [-0.05, 0) is 99.0 Å². The second-order valence-electron chi connectivity index (χ2n) is 16.1. The minimum absolute atomic E-state index is 0.0188. The quantitative estimate of drug-likeness (QED) is 0.0524. The maximum absolute atomic E-state index is 6.39. The van der Waals surface area contributed by atoms with E-state index in [0.717, 1.165) is 11.5 Å². The van der Waals surface area contributed by atoms with Crippen LogP contribution in [0.4, 0.5) is 0 Å². The van der Waals surface area contributed by atoms with Gasteiger partial charge < -0.3 is 9.47 Å². The Morgan fingerprint density at radius 3 is 1.50 bits per heavy atom. The van der Waals surface area contributed by atoms with Gasteiger partial charge in [-0.25, -0.2) is 0 Å². The summed E-state index contributed by atoms with van der Waals surface area (Å²) in [5, 5.41) is 5.04. The number of rotatable bonds is 17. The van der Waals surface area contributed by atoms with Gasteiger partial charge in [-0.15, -0.1) is 0 Å². The van der Waals surface area contributed by atoms with Crippen molar-refractivity contribution in [2.24, 2.45) is 0 Å². The molecule has 0 spiro atoms. The summed E-state index contributed by atoms with van der Waals surface area (Å²) in [6, 6.07) is 50.5. The van der Waals surface area contributed by atoms with E-state index in [1.54, 1.807) is 12.7 Å². The fourth-order valence-electron chi connectivity index (χ4n) is 9.76. The highest BCUT2D eigenvalue weighted by atomic mass is 28.3. The lowest BCUT2D eigenvalue weighted by Crippen LogP contribution is -2.75. The van der Waals surface area contributed by atoms with Gasteiger partial charge in [-0.2, -0.15) is 0 Å². The highest BCUT2D eigenvalue weighted by Crippen LogP contribution is 2.55. The molecular weight excluding hydrogens is 697 g/mol. The van der Waals surface area contributed by atoms with Crippen LogP contribution in [0.3, 0.4) is 0 Å². The summed E-state index contributed by atoms with van der Waals surface area (Å²) < 4.78 is 12.7. The summed E-state index contributed by atoms with van der Waals surface area (Å²) >= 11 is 0. The van der Waals surface area contributed by atoms with Crippen LogP contribution in [0.2, 0.25) is 0 Å². The van der Waals surface area contributed by atoms with Crippen molar-refractivity contribution < 1.29 is 9.47 Å². The first-order valence-electron chi connectivity index (χ1n) is 21.1. The van der Waals surface area contributed by atoms with E-state index < -0.39 is 8.07 Å². The molecule has 0 amide bonds. The summed E-state index contributed by atoms with van der Waals surface area (Å²) in [5.41, 5.74) is 11.0. The van der Waals surface area contributed by atoms with Crippen LogP contribution in [0.25, 0.3) is 22.3 Å². The molecule has 0 fully saturated rings. The van der Waals surface area contributed by atoms with Crippen molar-refractivity contribution in [3.8, 4) is 33.8 Å². The first kappa shape index (κ1) is 39.4.